The van der Waals surface area contributed by atoms with Gasteiger partial charge in [0.1, 0.15) is 17.8 Å². The molecule has 2 aliphatic carbocycles. The summed E-state index contributed by atoms with van der Waals surface area (Å²) >= 11 is 0. The molecule has 0 spiro atoms. The Kier molecular flexibility index (Phi) is 10.4. The minimum absolute atomic E-state index is 0.00625. The van der Waals surface area contributed by atoms with Crippen molar-refractivity contribution in [2.75, 3.05) is 33.2 Å². The van der Waals surface area contributed by atoms with Crippen LogP contribution in [0.25, 0.3) is 0 Å². The summed E-state index contributed by atoms with van der Waals surface area (Å²) in [4.78, 5) is 59.7. The number of hydrogen-bond donors (Lipinski definition) is 2. The van der Waals surface area contributed by atoms with Gasteiger partial charge in [-0.1, -0.05) is 45.2 Å². The fourth-order valence-corrected chi connectivity index (χ4v) is 6.73. The first-order valence-electron chi connectivity index (χ1n) is 16.8. The number of carbonyl (C=O) groups is 4. The molecule has 4 atom stereocenters. The van der Waals surface area contributed by atoms with Crippen molar-refractivity contribution in [1.82, 2.24) is 25.3 Å². The van der Waals surface area contributed by atoms with Crippen LogP contribution in [-0.4, -0.2) is 102 Å². The summed E-state index contributed by atoms with van der Waals surface area (Å²) in [6, 6.07) is 5.01. The van der Waals surface area contributed by atoms with E-state index in [9.17, 15) is 23.6 Å². The standard InChI is InChI=1S/C34H50FN5O5/c1-22(2)19-26(36-30(41)25-11-5-6-13-28(25)45-29(35)31(42)37-34(3)14-15-34)32(43)40-16-8-12-27(40)33(44)39-18-17-38(4)24(21-39)20-23-9-7-10-23/h5-6,11,13,22-24,26-27,29H,7-10,12,14-21H2,1-4H3,(H,36,41)(H,37,42)/t24-,26+,27+,29+/m0/s1. The molecule has 248 valence electrons. The lowest BCUT2D eigenvalue weighted by Gasteiger charge is -2.43. The highest BCUT2D eigenvalue weighted by atomic mass is 19.1. The van der Waals surface area contributed by atoms with Gasteiger partial charge in [-0.2, -0.15) is 4.39 Å². The van der Waals surface area contributed by atoms with Crippen molar-refractivity contribution in [2.45, 2.75) is 109 Å². The van der Waals surface area contributed by atoms with Gasteiger partial charge < -0.3 is 25.2 Å². The monoisotopic (exact) mass is 627 g/mol. The quantitative estimate of drug-likeness (QED) is 0.367. The second-order valence-corrected chi connectivity index (χ2v) is 14.3. The van der Waals surface area contributed by atoms with Gasteiger partial charge in [-0.05, 0) is 76.5 Å². The van der Waals surface area contributed by atoms with Crippen LogP contribution in [0.5, 0.6) is 5.75 Å². The molecule has 2 saturated carbocycles. The number of carbonyl (C=O) groups excluding carboxylic acids is 4. The van der Waals surface area contributed by atoms with Gasteiger partial charge in [0.15, 0.2) is 0 Å². The minimum atomic E-state index is -2.29. The number of nitrogens with zero attached hydrogens (tertiary/aromatic N) is 3. The molecule has 4 aliphatic rings. The van der Waals surface area contributed by atoms with Crippen molar-refractivity contribution in [3.8, 4) is 5.75 Å². The van der Waals surface area contributed by atoms with E-state index in [0.29, 0.717) is 38.5 Å². The minimum Gasteiger partial charge on any atom is -0.451 e. The summed E-state index contributed by atoms with van der Waals surface area (Å²) in [5, 5.41) is 5.48. The van der Waals surface area contributed by atoms with Crippen LogP contribution < -0.4 is 15.4 Å². The number of alkyl halides is 1. The summed E-state index contributed by atoms with van der Waals surface area (Å²) in [7, 11) is 2.13. The molecule has 2 N–H and O–H groups in total. The molecule has 2 saturated heterocycles. The second kappa shape index (κ2) is 14.1. The van der Waals surface area contributed by atoms with E-state index in [2.05, 4.69) is 22.6 Å². The van der Waals surface area contributed by atoms with Gasteiger partial charge in [0.25, 0.3) is 11.8 Å². The number of halogens is 1. The zero-order chi connectivity index (χ0) is 32.3. The average molecular weight is 628 g/mol. The molecule has 0 unspecified atom stereocenters. The smallest absolute Gasteiger partial charge is 0.316 e. The topological polar surface area (TPSA) is 111 Å². The summed E-state index contributed by atoms with van der Waals surface area (Å²) in [6.07, 6.45) is 5.89. The Balaban J connectivity index is 1.25. The third-order valence-electron chi connectivity index (χ3n) is 10.0. The van der Waals surface area contributed by atoms with Crippen molar-refractivity contribution < 1.29 is 28.3 Å². The number of hydrogen-bond acceptors (Lipinski definition) is 6. The van der Waals surface area contributed by atoms with E-state index in [0.717, 1.165) is 38.1 Å². The number of para-hydroxylation sites is 1. The van der Waals surface area contributed by atoms with Crippen molar-refractivity contribution in [2.24, 2.45) is 11.8 Å². The highest BCUT2D eigenvalue weighted by Gasteiger charge is 2.42. The average Bonchev–Trinajstić information content (AvgIpc) is 3.50. The first kappa shape index (κ1) is 33.2. The summed E-state index contributed by atoms with van der Waals surface area (Å²) < 4.78 is 20.1. The molecule has 11 heteroatoms. The molecule has 1 aromatic carbocycles. The number of ether oxygens (including phenoxy) is 1. The maximum atomic E-state index is 14.8. The molecule has 0 radical (unpaired) electrons. The summed E-state index contributed by atoms with van der Waals surface area (Å²) in [5.74, 6) is -1.05. The molecular weight excluding hydrogens is 577 g/mol. The normalized spacial score (nSPS) is 24.5. The predicted octanol–water partition coefficient (Wildman–Crippen LogP) is 3.50. The molecule has 1 aromatic rings. The first-order chi connectivity index (χ1) is 21.4. The zero-order valence-electron chi connectivity index (χ0n) is 27.2. The Morgan fingerprint density at radius 1 is 1.04 bits per heavy atom. The van der Waals surface area contributed by atoms with E-state index in [-0.39, 0.29) is 29.0 Å². The Morgan fingerprint density at radius 3 is 2.44 bits per heavy atom. The van der Waals surface area contributed by atoms with Crippen LogP contribution in [0.3, 0.4) is 0 Å². The van der Waals surface area contributed by atoms with Gasteiger partial charge in [-0.3, -0.25) is 24.1 Å². The van der Waals surface area contributed by atoms with Gasteiger partial charge in [0, 0.05) is 37.8 Å². The number of nitrogens with one attached hydrogen (secondary N) is 2. The third-order valence-corrected chi connectivity index (χ3v) is 10.0. The lowest BCUT2D eigenvalue weighted by molar-refractivity contribution is -0.146. The van der Waals surface area contributed by atoms with Crippen LogP contribution in [0.4, 0.5) is 4.39 Å². The maximum absolute atomic E-state index is 14.8. The van der Waals surface area contributed by atoms with Crippen molar-refractivity contribution in [3.05, 3.63) is 29.8 Å². The molecule has 2 aliphatic heterocycles. The van der Waals surface area contributed by atoms with E-state index in [1.165, 1.54) is 31.4 Å². The Hall–Kier alpha value is -3.21. The van der Waals surface area contributed by atoms with Crippen LogP contribution in [0.1, 0.15) is 88.9 Å². The molecule has 2 heterocycles. The number of piperazine rings is 1. The Morgan fingerprint density at radius 2 is 1.78 bits per heavy atom. The van der Waals surface area contributed by atoms with E-state index < -0.39 is 35.8 Å². The predicted molar refractivity (Wildman–Crippen MR) is 168 cm³/mol. The molecule has 0 bridgehead atoms. The van der Waals surface area contributed by atoms with Gasteiger partial charge in [-0.15, -0.1) is 0 Å². The van der Waals surface area contributed by atoms with Crippen LogP contribution >= 0.6 is 0 Å². The third kappa shape index (κ3) is 8.15. The highest BCUT2D eigenvalue weighted by molar-refractivity contribution is 6.00. The molecule has 0 aromatic heterocycles. The fourth-order valence-electron chi connectivity index (χ4n) is 6.73. The molecular formula is C34H50FN5O5. The van der Waals surface area contributed by atoms with Crippen LogP contribution in [0, 0.1) is 11.8 Å². The Bertz CT molecular complexity index is 1250. The first-order valence-corrected chi connectivity index (χ1v) is 16.8. The van der Waals surface area contributed by atoms with Crippen molar-refractivity contribution >= 4 is 23.6 Å². The lowest BCUT2D eigenvalue weighted by Crippen LogP contribution is -2.59. The van der Waals surface area contributed by atoms with Crippen LogP contribution in [-0.2, 0) is 14.4 Å². The van der Waals surface area contributed by atoms with Crippen molar-refractivity contribution in [1.29, 1.82) is 0 Å². The zero-order valence-corrected chi connectivity index (χ0v) is 27.2. The van der Waals surface area contributed by atoms with E-state index in [1.54, 1.807) is 17.0 Å². The molecule has 45 heavy (non-hydrogen) atoms. The molecule has 5 rings (SSSR count). The summed E-state index contributed by atoms with van der Waals surface area (Å²) in [5.41, 5.74) is -0.389. The number of benzene rings is 1. The molecule has 4 amide bonds. The van der Waals surface area contributed by atoms with Gasteiger partial charge in [-0.25, -0.2) is 0 Å². The number of likely N-dealkylation sites (N-methyl/N-ethyl adjacent to an activating group) is 1. The van der Waals surface area contributed by atoms with E-state index in [4.69, 9.17) is 4.74 Å². The van der Waals surface area contributed by atoms with Crippen LogP contribution in [0.15, 0.2) is 24.3 Å². The maximum Gasteiger partial charge on any atom is 0.316 e. The van der Waals surface area contributed by atoms with Gasteiger partial charge in [0.2, 0.25) is 11.8 Å². The molecule has 10 nitrogen and oxygen atoms in total. The number of likely N-dealkylation sites (tertiary alicyclic amines) is 1. The van der Waals surface area contributed by atoms with Gasteiger partial charge >= 0.3 is 6.36 Å². The lowest BCUT2D eigenvalue weighted by atomic mass is 9.80. The van der Waals surface area contributed by atoms with Gasteiger partial charge in [0.05, 0.1) is 5.56 Å². The van der Waals surface area contributed by atoms with Crippen LogP contribution in [0.2, 0.25) is 0 Å². The Labute approximate surface area is 266 Å². The van der Waals surface area contributed by atoms with E-state index >= 15 is 0 Å². The van der Waals surface area contributed by atoms with Crippen molar-refractivity contribution in [3.63, 3.8) is 0 Å². The second-order valence-electron chi connectivity index (χ2n) is 14.3. The number of amides is 4. The van der Waals surface area contributed by atoms with E-state index in [1.807, 2.05) is 25.7 Å². The SMILES string of the molecule is CC(C)C[C@@H](NC(=O)c1ccccc1O[C@@H](F)C(=O)NC1(C)CC1)C(=O)N1CCC[C@@H]1C(=O)N1CCN(C)[C@@H](CC2CCC2)C1. The molecule has 4 fully saturated rings. The summed E-state index contributed by atoms with van der Waals surface area (Å²) in [6.45, 7) is 8.37. The fraction of sp³-hybridized carbons (Fsp3) is 0.706. The largest absolute Gasteiger partial charge is 0.451 e. The highest BCUT2D eigenvalue weighted by Crippen LogP contribution is 2.35. The number of rotatable bonds is 12.